The monoisotopic (exact) mass is 421 g/mol. The minimum absolute atomic E-state index is 0.0383. The molecule has 1 aromatic rings. The zero-order valence-electron chi connectivity index (χ0n) is 18.3. The molecule has 2 rings (SSSR count). The van der Waals surface area contributed by atoms with Gasteiger partial charge in [-0.2, -0.15) is 0 Å². The average molecular weight is 422 g/mol. The van der Waals surface area contributed by atoms with E-state index in [-0.39, 0.29) is 33.8 Å². The van der Waals surface area contributed by atoms with Gasteiger partial charge in [-0.15, -0.1) is 0 Å². The summed E-state index contributed by atoms with van der Waals surface area (Å²) >= 11 is 0. The molecule has 0 spiro atoms. The molecule has 1 aliphatic carbocycles. The third-order valence-corrected chi connectivity index (χ3v) is 7.78. The van der Waals surface area contributed by atoms with E-state index in [0.717, 1.165) is 47.6 Å². The maximum absolute atomic E-state index is 13.1. The van der Waals surface area contributed by atoms with Gasteiger partial charge in [0.1, 0.15) is 16.4 Å². The second-order valence-electron chi connectivity index (χ2n) is 8.42. The summed E-state index contributed by atoms with van der Waals surface area (Å²) in [6.45, 7) is 10.1. The van der Waals surface area contributed by atoms with E-state index < -0.39 is 10.0 Å². The maximum atomic E-state index is 13.1. The highest BCUT2D eigenvalue weighted by Crippen LogP contribution is 2.49. The lowest BCUT2D eigenvalue weighted by molar-refractivity contribution is 0.395. The van der Waals surface area contributed by atoms with Crippen molar-refractivity contribution in [3.63, 3.8) is 0 Å². The first kappa shape index (κ1) is 23.5. The number of allylic oxidation sites excluding steroid dienone is 3. The van der Waals surface area contributed by atoms with Crippen molar-refractivity contribution >= 4 is 10.0 Å². The highest BCUT2D eigenvalue weighted by atomic mass is 32.2. The van der Waals surface area contributed by atoms with Crippen molar-refractivity contribution in [2.24, 2.45) is 5.92 Å². The van der Waals surface area contributed by atoms with E-state index in [2.05, 4.69) is 13.5 Å². The molecule has 0 aliphatic heterocycles. The Morgan fingerprint density at radius 2 is 1.93 bits per heavy atom. The van der Waals surface area contributed by atoms with Crippen LogP contribution < -0.4 is 0 Å². The van der Waals surface area contributed by atoms with E-state index in [1.807, 2.05) is 19.9 Å². The number of hydrogen-bond donors (Lipinski definition) is 2. The number of sulfonamides is 1. The SMILES string of the molecule is C=C(C)[C@@H]1CCC(C)=C[C@H]1c1c(O)cc(CCCCC)c(S(=O)(=O)N(C)C)c1O. The standard InChI is InChI=1S/C23H35NO4S/c1-7-8-9-10-17-14-20(25)21(22(26)23(17)29(27,28)24(5)6)19-13-16(4)11-12-18(19)15(2)3/h13-14,18-19,25-26H,2,7-12H2,1,3-6H3/t18-,19+/m0/s1. The topological polar surface area (TPSA) is 77.8 Å². The highest BCUT2D eigenvalue weighted by molar-refractivity contribution is 7.89. The van der Waals surface area contributed by atoms with Crippen LogP contribution in [0.1, 0.15) is 69.9 Å². The van der Waals surface area contributed by atoms with E-state index in [9.17, 15) is 18.6 Å². The second kappa shape index (κ2) is 9.35. The van der Waals surface area contributed by atoms with E-state index in [1.165, 1.54) is 20.2 Å². The molecule has 0 amide bonds. The van der Waals surface area contributed by atoms with E-state index in [1.54, 1.807) is 0 Å². The summed E-state index contributed by atoms with van der Waals surface area (Å²) in [5.74, 6) is -0.639. The molecule has 0 saturated carbocycles. The van der Waals surface area contributed by atoms with Gasteiger partial charge in [0.25, 0.3) is 0 Å². The molecule has 5 nitrogen and oxygen atoms in total. The maximum Gasteiger partial charge on any atom is 0.246 e. The molecule has 162 valence electrons. The lowest BCUT2D eigenvalue weighted by atomic mass is 9.73. The molecule has 0 saturated heterocycles. The van der Waals surface area contributed by atoms with Crippen LogP contribution in [0.4, 0.5) is 0 Å². The summed E-state index contributed by atoms with van der Waals surface area (Å²) in [6.07, 6.45) is 7.04. The minimum Gasteiger partial charge on any atom is -0.507 e. The van der Waals surface area contributed by atoms with Gasteiger partial charge in [0.2, 0.25) is 10.0 Å². The number of rotatable bonds is 8. The third-order valence-electron chi connectivity index (χ3n) is 5.85. The Bertz CT molecular complexity index is 900. The van der Waals surface area contributed by atoms with Gasteiger partial charge >= 0.3 is 0 Å². The molecular formula is C23H35NO4S. The fourth-order valence-corrected chi connectivity index (χ4v) is 5.37. The predicted molar refractivity (Wildman–Crippen MR) is 118 cm³/mol. The van der Waals surface area contributed by atoms with Crippen LogP contribution in [0.25, 0.3) is 0 Å². The summed E-state index contributed by atoms with van der Waals surface area (Å²) in [7, 11) is -0.962. The van der Waals surface area contributed by atoms with Gasteiger partial charge in [0.15, 0.2) is 0 Å². The summed E-state index contributed by atoms with van der Waals surface area (Å²) in [5, 5.41) is 22.1. The molecule has 0 fully saturated rings. The predicted octanol–water partition coefficient (Wildman–Crippen LogP) is 5.10. The lowest BCUT2D eigenvalue weighted by Crippen LogP contribution is -2.25. The number of hydrogen-bond acceptors (Lipinski definition) is 4. The molecule has 29 heavy (non-hydrogen) atoms. The lowest BCUT2D eigenvalue weighted by Gasteiger charge is -2.32. The van der Waals surface area contributed by atoms with Crippen LogP contribution in [-0.4, -0.2) is 37.0 Å². The Balaban J connectivity index is 2.74. The summed E-state index contributed by atoms with van der Waals surface area (Å²) in [4.78, 5) is -0.0801. The molecule has 1 aromatic carbocycles. The number of unbranched alkanes of at least 4 members (excludes halogenated alkanes) is 2. The van der Waals surface area contributed by atoms with Crippen LogP contribution in [0, 0.1) is 5.92 Å². The zero-order chi connectivity index (χ0) is 21.9. The normalized spacial score (nSPS) is 20.0. The second-order valence-corrected chi connectivity index (χ2v) is 10.5. The van der Waals surface area contributed by atoms with Crippen molar-refractivity contribution in [2.75, 3.05) is 14.1 Å². The number of aromatic hydroxyl groups is 2. The Morgan fingerprint density at radius 3 is 2.48 bits per heavy atom. The molecule has 2 N–H and O–H groups in total. The van der Waals surface area contributed by atoms with Crippen molar-refractivity contribution < 1.29 is 18.6 Å². The molecule has 2 atom stereocenters. The average Bonchev–Trinajstić information content (AvgIpc) is 2.61. The van der Waals surface area contributed by atoms with Gasteiger partial charge < -0.3 is 10.2 Å². The molecule has 0 radical (unpaired) electrons. The third kappa shape index (κ3) is 4.86. The van der Waals surface area contributed by atoms with Crippen molar-refractivity contribution in [1.29, 1.82) is 0 Å². The van der Waals surface area contributed by atoms with Crippen LogP contribution in [-0.2, 0) is 16.4 Å². The number of phenols is 2. The number of aryl methyl sites for hydroxylation is 1. The van der Waals surface area contributed by atoms with Gasteiger partial charge in [0, 0.05) is 25.6 Å². The van der Waals surface area contributed by atoms with Crippen molar-refractivity contribution in [1.82, 2.24) is 4.31 Å². The largest absolute Gasteiger partial charge is 0.507 e. The summed E-state index contributed by atoms with van der Waals surface area (Å²) < 4.78 is 27.3. The van der Waals surface area contributed by atoms with Crippen molar-refractivity contribution in [3.05, 3.63) is 41.0 Å². The zero-order valence-corrected chi connectivity index (χ0v) is 19.1. The smallest absolute Gasteiger partial charge is 0.246 e. The van der Waals surface area contributed by atoms with Crippen LogP contribution in [0.2, 0.25) is 0 Å². The molecule has 6 heteroatoms. The molecule has 0 heterocycles. The fraction of sp³-hybridized carbons (Fsp3) is 0.565. The Kier molecular flexibility index (Phi) is 7.57. The van der Waals surface area contributed by atoms with E-state index in [0.29, 0.717) is 12.0 Å². The number of phenolic OH excluding ortho intramolecular Hbond substituents is 2. The molecule has 0 aromatic heterocycles. The first-order chi connectivity index (χ1) is 13.5. The first-order valence-corrected chi connectivity index (χ1v) is 11.8. The van der Waals surface area contributed by atoms with Crippen LogP contribution in [0.3, 0.4) is 0 Å². The first-order valence-electron chi connectivity index (χ1n) is 10.3. The van der Waals surface area contributed by atoms with Crippen LogP contribution >= 0.6 is 0 Å². The van der Waals surface area contributed by atoms with E-state index in [4.69, 9.17) is 0 Å². The van der Waals surface area contributed by atoms with Crippen molar-refractivity contribution in [3.8, 4) is 11.5 Å². The molecule has 1 aliphatic rings. The van der Waals surface area contributed by atoms with Crippen LogP contribution in [0.5, 0.6) is 11.5 Å². The summed E-state index contributed by atoms with van der Waals surface area (Å²) in [6, 6.07) is 1.54. The van der Waals surface area contributed by atoms with Gasteiger partial charge in [0.05, 0.1) is 0 Å². The highest BCUT2D eigenvalue weighted by Gasteiger charge is 2.35. The Morgan fingerprint density at radius 1 is 1.28 bits per heavy atom. The quantitative estimate of drug-likeness (QED) is 0.452. The minimum atomic E-state index is -3.88. The van der Waals surface area contributed by atoms with Crippen LogP contribution in [0.15, 0.2) is 34.8 Å². The van der Waals surface area contributed by atoms with Gasteiger partial charge in [-0.25, -0.2) is 12.7 Å². The fourth-order valence-electron chi connectivity index (χ4n) is 4.16. The van der Waals surface area contributed by atoms with Gasteiger partial charge in [-0.1, -0.05) is 43.6 Å². The van der Waals surface area contributed by atoms with Crippen molar-refractivity contribution in [2.45, 2.75) is 70.1 Å². The number of nitrogens with zero attached hydrogens (tertiary/aromatic N) is 1. The molecule has 0 bridgehead atoms. The number of benzene rings is 1. The van der Waals surface area contributed by atoms with Gasteiger partial charge in [-0.05, 0) is 57.1 Å². The molecular weight excluding hydrogens is 386 g/mol. The van der Waals surface area contributed by atoms with Gasteiger partial charge in [-0.3, -0.25) is 0 Å². The Labute approximate surface area is 175 Å². The van der Waals surface area contributed by atoms with E-state index >= 15 is 0 Å². The summed E-state index contributed by atoms with van der Waals surface area (Å²) in [5.41, 5.74) is 2.88. The Hall–Kier alpha value is -1.79. The molecule has 0 unspecified atom stereocenters.